The van der Waals surface area contributed by atoms with Gasteiger partial charge in [-0.3, -0.25) is 9.88 Å². The second-order valence-corrected chi connectivity index (χ2v) is 9.93. The number of rotatable bonds is 9. The van der Waals surface area contributed by atoms with Gasteiger partial charge in [0.05, 0.1) is 5.71 Å². The molecule has 0 unspecified atom stereocenters. The monoisotopic (exact) mass is 477 g/mol. The summed E-state index contributed by atoms with van der Waals surface area (Å²) < 4.78 is 16.9. The van der Waals surface area contributed by atoms with Crippen LogP contribution in [0.1, 0.15) is 63.6 Å². The molecule has 9 heteroatoms. The number of hydrogen-bond acceptors (Lipinski definition) is 9. The van der Waals surface area contributed by atoms with Crippen molar-refractivity contribution in [2.75, 3.05) is 19.7 Å². The average Bonchev–Trinajstić information content (AvgIpc) is 3.28. The van der Waals surface area contributed by atoms with Crippen molar-refractivity contribution in [1.29, 1.82) is 0 Å². The molecule has 0 aromatic carbocycles. The zero-order chi connectivity index (χ0) is 24.5. The van der Waals surface area contributed by atoms with E-state index in [9.17, 15) is 10.2 Å². The van der Waals surface area contributed by atoms with Gasteiger partial charge in [0, 0.05) is 43.9 Å². The Morgan fingerprint density at radius 2 is 2.12 bits per heavy atom. The first-order valence-electron chi connectivity index (χ1n) is 12.5. The molecular formula is C25H39N3O6. The van der Waals surface area contributed by atoms with Crippen LogP contribution in [0.5, 0.6) is 0 Å². The molecule has 0 saturated carbocycles. The molecule has 2 saturated heterocycles. The number of oxime groups is 1. The lowest BCUT2D eigenvalue weighted by atomic mass is 9.99. The van der Waals surface area contributed by atoms with Gasteiger partial charge >= 0.3 is 0 Å². The lowest BCUT2D eigenvalue weighted by Gasteiger charge is -2.29. The van der Waals surface area contributed by atoms with Crippen molar-refractivity contribution in [1.82, 2.24) is 9.88 Å². The predicted molar refractivity (Wildman–Crippen MR) is 126 cm³/mol. The van der Waals surface area contributed by atoms with E-state index >= 15 is 0 Å². The Bertz CT molecular complexity index is 892. The van der Waals surface area contributed by atoms with Crippen LogP contribution >= 0.6 is 0 Å². The van der Waals surface area contributed by atoms with Crippen molar-refractivity contribution in [3.05, 3.63) is 28.6 Å². The van der Waals surface area contributed by atoms with E-state index in [1.54, 1.807) is 13.8 Å². The quantitative estimate of drug-likeness (QED) is 0.411. The minimum atomic E-state index is -1.04. The zero-order valence-corrected chi connectivity index (χ0v) is 21.0. The van der Waals surface area contributed by atoms with Crippen LogP contribution in [0.2, 0.25) is 0 Å². The van der Waals surface area contributed by atoms with Crippen LogP contribution in [0.3, 0.4) is 0 Å². The zero-order valence-electron chi connectivity index (χ0n) is 21.0. The van der Waals surface area contributed by atoms with Crippen LogP contribution in [0, 0.1) is 0 Å². The lowest BCUT2D eigenvalue weighted by Crippen LogP contribution is -2.42. The van der Waals surface area contributed by atoms with Crippen molar-refractivity contribution < 1.29 is 29.3 Å². The van der Waals surface area contributed by atoms with Crippen molar-refractivity contribution in [3.63, 3.8) is 0 Å². The smallest absolute Gasteiger partial charge is 0.190 e. The Kier molecular flexibility index (Phi) is 7.91. The summed E-state index contributed by atoms with van der Waals surface area (Å²) in [7, 11) is 0. The third kappa shape index (κ3) is 5.61. The molecule has 1 aromatic rings. The normalized spacial score (nSPS) is 29.7. The number of aryl methyl sites for hydroxylation is 2. The highest BCUT2D eigenvalue weighted by Gasteiger charge is 2.56. The number of pyridine rings is 1. The molecule has 0 aliphatic carbocycles. The molecule has 3 aliphatic rings. The Labute approximate surface area is 202 Å². The number of hydrogen-bond donors (Lipinski definition) is 2. The van der Waals surface area contributed by atoms with E-state index in [0.29, 0.717) is 0 Å². The number of aliphatic hydroxyl groups excluding tert-OH is 2. The first kappa shape index (κ1) is 25.5. The highest BCUT2D eigenvalue weighted by atomic mass is 16.8. The molecule has 9 nitrogen and oxygen atoms in total. The fraction of sp³-hybridized carbons (Fsp3) is 0.760. The topological polar surface area (TPSA) is 106 Å². The largest absolute Gasteiger partial charge is 0.393 e. The Balaban J connectivity index is 1.21. The summed E-state index contributed by atoms with van der Waals surface area (Å²) in [6, 6.07) is 2.34. The molecule has 0 spiro atoms. The maximum atomic E-state index is 10.4. The summed E-state index contributed by atoms with van der Waals surface area (Å²) in [5, 5.41) is 25.0. The predicted octanol–water partition coefficient (Wildman–Crippen LogP) is 1.95. The molecule has 5 atom stereocenters. The van der Waals surface area contributed by atoms with Crippen LogP contribution in [0.15, 0.2) is 11.2 Å². The minimum absolute atomic E-state index is 0.0792. The Morgan fingerprint density at radius 1 is 1.32 bits per heavy atom. The standard InChI is InChI=1S/C25H39N3O6/c1-6-16-12-17-13-28(11-9-19(17)26-18(16)7-2)10-8-15(3)27-31-14-20(29)22-21(30)23-24(32-22)34-25(4,5)33-23/h12,20-24,29-30H,6-11,13-14H2,1-5H3/t20-,21-,22-,23+,24-/m1/s1. The van der Waals surface area contributed by atoms with Crippen LogP contribution < -0.4 is 0 Å². The molecule has 4 rings (SSSR count). The van der Waals surface area contributed by atoms with Gasteiger partial charge in [-0.15, -0.1) is 0 Å². The first-order valence-corrected chi connectivity index (χ1v) is 12.5. The SMILES string of the molecule is CCc1cc2c(nc1CC)CCN(CCC(C)=NOC[C@@H](O)[C@H]1O[C@@H]3OC(C)(C)O[C@H]3[C@@H]1O)C2. The van der Waals surface area contributed by atoms with Gasteiger partial charge in [-0.05, 0) is 44.7 Å². The summed E-state index contributed by atoms with van der Waals surface area (Å²) >= 11 is 0. The van der Waals surface area contributed by atoms with Crippen molar-refractivity contribution in [2.45, 2.75) is 103 Å². The lowest BCUT2D eigenvalue weighted by molar-refractivity contribution is -0.228. The minimum Gasteiger partial charge on any atom is -0.393 e. The van der Waals surface area contributed by atoms with E-state index in [0.717, 1.165) is 51.0 Å². The van der Waals surface area contributed by atoms with Crippen molar-refractivity contribution in [2.24, 2.45) is 5.16 Å². The van der Waals surface area contributed by atoms with E-state index in [-0.39, 0.29) is 6.61 Å². The number of aliphatic hydroxyl groups is 2. The number of fused-ring (bicyclic) bond motifs is 2. The fourth-order valence-corrected chi connectivity index (χ4v) is 4.94. The molecule has 0 radical (unpaired) electrons. The number of ether oxygens (including phenoxy) is 3. The first-order chi connectivity index (χ1) is 16.2. The maximum Gasteiger partial charge on any atom is 0.190 e. The van der Waals surface area contributed by atoms with Crippen LogP contribution in [0.25, 0.3) is 0 Å². The van der Waals surface area contributed by atoms with Gasteiger partial charge in [0.2, 0.25) is 0 Å². The van der Waals surface area contributed by atoms with Gasteiger partial charge in [0.1, 0.15) is 31.0 Å². The van der Waals surface area contributed by atoms with Crippen LogP contribution in [0.4, 0.5) is 0 Å². The summed E-state index contributed by atoms with van der Waals surface area (Å²) in [5.41, 5.74) is 6.03. The number of nitrogens with zero attached hydrogens (tertiary/aromatic N) is 3. The molecule has 34 heavy (non-hydrogen) atoms. The third-order valence-electron chi connectivity index (χ3n) is 6.82. The average molecular weight is 478 g/mol. The highest BCUT2D eigenvalue weighted by molar-refractivity contribution is 5.81. The van der Waals surface area contributed by atoms with Gasteiger partial charge in [0.25, 0.3) is 0 Å². The van der Waals surface area contributed by atoms with Crippen molar-refractivity contribution in [3.8, 4) is 0 Å². The number of aromatic nitrogens is 1. The Morgan fingerprint density at radius 3 is 2.82 bits per heavy atom. The second-order valence-electron chi connectivity index (χ2n) is 9.93. The van der Waals surface area contributed by atoms with Crippen molar-refractivity contribution >= 4 is 5.71 Å². The molecule has 1 aromatic heterocycles. The van der Waals surface area contributed by atoms with E-state index in [2.05, 4.69) is 30.0 Å². The highest BCUT2D eigenvalue weighted by Crippen LogP contribution is 2.38. The molecular weight excluding hydrogens is 438 g/mol. The third-order valence-corrected chi connectivity index (χ3v) is 6.82. The fourth-order valence-electron chi connectivity index (χ4n) is 4.94. The molecule has 2 fully saturated rings. The molecule has 4 heterocycles. The van der Waals surface area contributed by atoms with Gasteiger partial charge in [-0.25, -0.2) is 0 Å². The Hall–Kier alpha value is -1.62. The molecule has 2 N–H and O–H groups in total. The van der Waals surface area contributed by atoms with E-state index in [4.69, 9.17) is 24.0 Å². The molecule has 0 bridgehead atoms. The molecule has 190 valence electrons. The van der Waals surface area contributed by atoms with E-state index < -0.39 is 36.5 Å². The summed E-state index contributed by atoms with van der Waals surface area (Å²) in [5.74, 6) is -0.812. The van der Waals surface area contributed by atoms with Gasteiger partial charge in [-0.1, -0.05) is 25.1 Å². The summed E-state index contributed by atoms with van der Waals surface area (Å²) in [6.45, 7) is 12.5. The van der Waals surface area contributed by atoms with Gasteiger partial charge in [0.15, 0.2) is 12.1 Å². The van der Waals surface area contributed by atoms with Gasteiger partial charge in [-0.2, -0.15) is 0 Å². The van der Waals surface area contributed by atoms with E-state index in [1.807, 2.05) is 6.92 Å². The maximum absolute atomic E-state index is 10.4. The van der Waals surface area contributed by atoms with E-state index in [1.165, 1.54) is 22.5 Å². The molecule has 0 amide bonds. The van der Waals surface area contributed by atoms with Gasteiger partial charge < -0.3 is 29.3 Å². The van der Waals surface area contributed by atoms with Crippen LogP contribution in [-0.4, -0.2) is 82.0 Å². The molecule has 3 aliphatic heterocycles. The summed E-state index contributed by atoms with van der Waals surface area (Å²) in [6.07, 6.45) is -0.443. The van der Waals surface area contributed by atoms with Crippen LogP contribution in [-0.2, 0) is 44.9 Å². The summed E-state index contributed by atoms with van der Waals surface area (Å²) in [4.78, 5) is 12.7. The second kappa shape index (κ2) is 10.6.